The molecule has 16 nitrogen and oxygen atoms in total. The molecule has 6 aliphatic heterocycles. The molecular weight excluding hydrogens is 1640 g/mol. The second-order valence-corrected chi connectivity index (χ2v) is 30.4. The van der Waals surface area contributed by atoms with Crippen molar-refractivity contribution in [2.75, 3.05) is 82.0 Å². The van der Waals surface area contributed by atoms with Gasteiger partial charge in [-0.3, -0.25) is 19.2 Å². The Labute approximate surface area is 753 Å². The van der Waals surface area contributed by atoms with Gasteiger partial charge in [0, 0.05) is 175 Å². The molecule has 1 saturated carbocycles. The number of carbonyl (C=O) groups is 4. The second kappa shape index (κ2) is 57.5. The van der Waals surface area contributed by atoms with E-state index in [-0.39, 0.29) is 141 Å². The fourth-order valence-electron chi connectivity index (χ4n) is 15.1. The van der Waals surface area contributed by atoms with Gasteiger partial charge in [-0.25, -0.2) is 9.78 Å². The van der Waals surface area contributed by atoms with Gasteiger partial charge in [-0.2, -0.15) is 36.4 Å². The van der Waals surface area contributed by atoms with Crippen LogP contribution in [0.5, 0.6) is 0 Å². The Bertz CT molecular complexity index is 3530. The predicted octanol–water partition coefficient (Wildman–Crippen LogP) is 17.3. The van der Waals surface area contributed by atoms with Crippen molar-refractivity contribution in [1.29, 1.82) is 0 Å². The Morgan fingerprint density at radius 2 is 0.752 bits per heavy atom. The van der Waals surface area contributed by atoms with Crippen molar-refractivity contribution in [3.63, 3.8) is 0 Å². The fourth-order valence-corrected chi connectivity index (χ4v) is 15.1. The van der Waals surface area contributed by atoms with Crippen LogP contribution in [0.1, 0.15) is 276 Å². The van der Waals surface area contributed by atoms with Crippen molar-refractivity contribution in [3.05, 3.63) is 227 Å². The zero-order valence-corrected chi connectivity index (χ0v) is 77.0. The molecule has 0 unspecified atom stereocenters. The molecule has 3 fully saturated rings. The number of hydrogen-bond acceptors (Lipinski definition) is 12. The van der Waals surface area contributed by atoms with E-state index in [1.54, 1.807) is 36.4 Å². The molecule has 4 amide bonds. The molecule has 19 heteroatoms. The van der Waals surface area contributed by atoms with Crippen LogP contribution in [0.25, 0.3) is 0 Å². The van der Waals surface area contributed by atoms with E-state index >= 15 is 0 Å². The molecule has 1 aliphatic carbocycles. The second-order valence-electron chi connectivity index (χ2n) is 30.4. The van der Waals surface area contributed by atoms with Gasteiger partial charge in [0.15, 0.2) is 23.6 Å². The summed E-state index contributed by atoms with van der Waals surface area (Å²) < 4.78 is 12.0. The number of anilines is 2. The van der Waals surface area contributed by atoms with Crippen LogP contribution in [0.15, 0.2) is 170 Å². The molecule has 607 valence electrons. The third-order valence-corrected chi connectivity index (χ3v) is 22.0. The first-order chi connectivity index (χ1) is 53.8. The van der Waals surface area contributed by atoms with Crippen LogP contribution in [-0.4, -0.2) is 119 Å². The molecule has 8 bridgehead atoms. The summed E-state index contributed by atoms with van der Waals surface area (Å²) in [5.41, 5.74) is 5.81. The number of benzene rings is 4. The molecule has 4 N–H and O–H groups in total. The van der Waals surface area contributed by atoms with Crippen LogP contribution < -0.4 is 41.3 Å². The summed E-state index contributed by atoms with van der Waals surface area (Å²) in [5, 5.41) is 38.7. The molecular formula is C94H128N6O10Y3-4. The van der Waals surface area contributed by atoms with Gasteiger partial charge >= 0.3 is 0 Å². The van der Waals surface area contributed by atoms with Gasteiger partial charge in [-0.15, -0.1) is 24.3 Å². The first-order valence-corrected chi connectivity index (χ1v) is 41.9. The average Bonchev–Trinajstić information content (AvgIpc) is 0.747. The van der Waals surface area contributed by atoms with Crippen molar-refractivity contribution >= 4 is 35.0 Å². The topological polar surface area (TPSA) is 206 Å². The Kier molecular flexibility index (Phi) is 50.3. The van der Waals surface area contributed by atoms with Gasteiger partial charge < -0.3 is 50.8 Å². The minimum atomic E-state index is -0.923. The molecule has 0 atom stereocenters. The summed E-state index contributed by atoms with van der Waals surface area (Å²) in [4.78, 5) is 70.6. The molecule has 5 aromatic rings. The van der Waals surface area contributed by atoms with E-state index in [0.29, 0.717) is 67.7 Å². The number of fused-ring (bicyclic) bond motifs is 5. The fraction of sp³-hybridized carbons (Fsp3) is 0.532. The van der Waals surface area contributed by atoms with E-state index in [1.807, 2.05) is 111 Å². The van der Waals surface area contributed by atoms with E-state index in [0.717, 1.165) is 137 Å². The van der Waals surface area contributed by atoms with Crippen LogP contribution in [0.2, 0.25) is 0 Å². The molecule has 2 saturated heterocycles. The van der Waals surface area contributed by atoms with Crippen molar-refractivity contribution in [2.45, 2.75) is 249 Å². The Balaban J connectivity index is 0.000000400. The van der Waals surface area contributed by atoms with Gasteiger partial charge in [-0.1, -0.05) is 253 Å². The summed E-state index contributed by atoms with van der Waals surface area (Å²) in [7, 11) is 0. The Morgan fingerprint density at radius 3 is 1.12 bits per heavy atom. The Morgan fingerprint density at radius 1 is 0.416 bits per heavy atom. The first-order valence-electron chi connectivity index (χ1n) is 41.9. The van der Waals surface area contributed by atoms with E-state index in [4.69, 9.17) is 19.2 Å². The summed E-state index contributed by atoms with van der Waals surface area (Å²) in [5.74, 6) is -2.21. The number of rotatable bonds is 13. The monoisotopic (exact) mass is 1770 g/mol. The third kappa shape index (κ3) is 35.4. The van der Waals surface area contributed by atoms with Gasteiger partial charge in [0.25, 0.3) is 0 Å². The molecule has 7 aliphatic rings. The minimum absolute atomic E-state index is 0. The van der Waals surface area contributed by atoms with E-state index < -0.39 is 35.2 Å². The number of amides is 4. The van der Waals surface area contributed by atoms with Crippen molar-refractivity contribution < 1.29 is 147 Å². The number of carbonyl (C=O) groups excluding carboxylic acids is 4. The summed E-state index contributed by atoms with van der Waals surface area (Å²) in [6, 6.07) is 55.2. The van der Waals surface area contributed by atoms with E-state index in [2.05, 4.69) is 93.5 Å². The largest absolute Gasteiger partial charge is 0.851 e. The average molecular weight is 1770 g/mol. The zero-order chi connectivity index (χ0) is 77.7. The van der Waals surface area contributed by atoms with Gasteiger partial charge in [0.2, 0.25) is 0 Å². The van der Waals surface area contributed by atoms with Crippen molar-refractivity contribution in [3.8, 4) is 0 Å². The smallest absolute Gasteiger partial charge is 0.195 e. The first kappa shape index (κ1) is 98.9. The number of likely N-dealkylation sites (N-methyl/N-ethyl adjacent to an activating group) is 2. The standard InChI is InChI=1S/C50H60N4O6.C44H68N2O4.3Y/c1-3-51-45(55)41-26-20-28-43(34-41)47(57)53-37-49-30-16-8-10-18-32-50(60-59-49,33-19-11-9-17-31-49)38-54-48(58)44-29-21-27-42(35-44)46(56)52-36-40-24-14-6-4-12-22-39(2)23-13-5-7-15-25-40;1-3-45-31-35-49-33-21-19-17-15-13-11-9-7-5-6-8-10-12-14-16-18-20-22-34-50-36-32-46(4-2)40-29-25-38(26-30-40)42-43(47)41(44(42)48)37-23-27-39(45)28-24-37;;;/h4-7,12-15,22-29,34-35H,3,8-11,16-19,30-33,36-38H2,1-2H3,(H,51,55)(H,52,56)(H,53,57)(H,54,58);5-6,23-30,41-44H,3-4,7-22,31-36H2,1-2H3;;;/q2*-2;;;. The molecule has 12 rings (SSSR count). The number of ether oxygens (including phenoxy) is 2. The van der Waals surface area contributed by atoms with Crippen LogP contribution in [0.4, 0.5) is 11.4 Å². The molecule has 0 spiro atoms. The molecule has 6 heterocycles. The SMILES string of the molecule is CCN1CCOCCCCCCCCCC=CCCCCCCCCCOCCN(CC)c2ccc(cc2)C2C([O-])C(c3ccc1cc3)C2[O-].CCNC(=O)c1c[c-]cc(C(=O)NCC23CCCCCCC(CNC(=O)c4c[c-]cc(C(=O)NCc5ccccccc(C)cccccc5)c4)(CCCCCC2)OO3)c1.[Y].[Y].[Y]. The van der Waals surface area contributed by atoms with Crippen LogP contribution in [0, 0.1) is 19.1 Å². The van der Waals surface area contributed by atoms with E-state index in [9.17, 15) is 29.4 Å². The summed E-state index contributed by atoms with van der Waals surface area (Å²) >= 11 is 0. The number of nitrogens with one attached hydrogen (secondary N) is 4. The maximum Gasteiger partial charge on any atom is 0.195 e. The van der Waals surface area contributed by atoms with Gasteiger partial charge in [-0.05, 0) is 145 Å². The number of aryl methyl sites for hydroxylation is 1. The molecule has 5 aromatic carbocycles. The van der Waals surface area contributed by atoms with Crippen molar-refractivity contribution in [2.24, 2.45) is 0 Å². The molecule has 0 aromatic heterocycles. The zero-order valence-electron chi connectivity index (χ0n) is 68.5. The maximum atomic E-state index is 13.7. The maximum absolute atomic E-state index is 13.7. The molecule has 3 radical (unpaired) electrons. The summed E-state index contributed by atoms with van der Waals surface area (Å²) in [6.45, 7) is 15.9. The minimum Gasteiger partial charge on any atom is -0.851 e. The van der Waals surface area contributed by atoms with Crippen LogP contribution in [-0.2, 0) is 124 Å². The summed E-state index contributed by atoms with van der Waals surface area (Å²) in [6.07, 6.45) is 34.1. The van der Waals surface area contributed by atoms with Crippen LogP contribution >= 0.6 is 0 Å². The number of nitrogens with zero attached hydrogens (tertiary/aromatic N) is 2. The normalized spacial score (nSPS) is 21.6. The van der Waals surface area contributed by atoms with Gasteiger partial charge in [0.1, 0.15) is 11.2 Å². The van der Waals surface area contributed by atoms with Gasteiger partial charge in [0.05, 0.1) is 13.2 Å². The quantitative estimate of drug-likeness (QED) is 0.0494. The predicted molar refractivity (Wildman–Crippen MR) is 440 cm³/mol. The molecule has 113 heavy (non-hydrogen) atoms. The number of allylic oxidation sites excluding steroid dienone is 2. The van der Waals surface area contributed by atoms with Crippen molar-refractivity contribution in [1.82, 2.24) is 21.3 Å². The Hall–Kier alpha value is -4.65. The number of hydrogen-bond donors (Lipinski definition) is 4. The third-order valence-electron chi connectivity index (χ3n) is 22.0. The van der Waals surface area contributed by atoms with E-state index in [1.165, 1.54) is 89.9 Å². The van der Waals surface area contributed by atoms with Crippen LogP contribution in [0.3, 0.4) is 0 Å².